The van der Waals surface area contributed by atoms with E-state index in [-0.39, 0.29) is 46.0 Å². The Morgan fingerprint density at radius 3 is 2.63 bits per heavy atom. The maximum absolute atomic E-state index is 12.3. The smallest absolute Gasteiger partial charge is 0.289 e. The van der Waals surface area contributed by atoms with Crippen LogP contribution in [0.15, 0.2) is 36.7 Å². The van der Waals surface area contributed by atoms with Gasteiger partial charge in [0.25, 0.3) is 11.6 Å². The summed E-state index contributed by atoms with van der Waals surface area (Å²) >= 11 is 6.05. The Balaban J connectivity index is 2.07. The molecule has 0 aliphatic heterocycles. The molecule has 0 radical (unpaired) electrons. The Bertz CT molecular complexity index is 1170. The van der Waals surface area contributed by atoms with E-state index in [2.05, 4.69) is 15.3 Å². The third-order valence-corrected chi connectivity index (χ3v) is 4.19. The lowest BCUT2D eigenvalue weighted by atomic mass is 10.1. The van der Waals surface area contributed by atoms with Crippen molar-refractivity contribution in [3.8, 4) is 17.4 Å². The van der Waals surface area contributed by atoms with E-state index >= 15 is 0 Å². The third kappa shape index (κ3) is 4.44. The number of nitrogens with one attached hydrogen (secondary N) is 1. The predicted molar refractivity (Wildman–Crippen MR) is 107 cm³/mol. The Hall–Kier alpha value is -3.79. The highest BCUT2D eigenvalue weighted by Crippen LogP contribution is 2.35. The minimum Gasteiger partial charge on any atom is -0.485 e. The van der Waals surface area contributed by atoms with Crippen molar-refractivity contribution in [2.24, 2.45) is 0 Å². The largest absolute Gasteiger partial charge is 0.485 e. The fourth-order valence-corrected chi connectivity index (χ4v) is 2.74. The summed E-state index contributed by atoms with van der Waals surface area (Å²) in [5.41, 5.74) is 0.324. The maximum atomic E-state index is 12.3. The molecule has 2 aromatic heterocycles. The zero-order chi connectivity index (χ0) is 21.8. The number of halogens is 1. The molecule has 0 atom stereocenters. The minimum atomic E-state index is -0.622. The quantitative estimate of drug-likeness (QED) is 0.445. The summed E-state index contributed by atoms with van der Waals surface area (Å²) in [4.78, 5) is 41.9. The fourth-order valence-electron chi connectivity index (χ4n) is 2.54. The van der Waals surface area contributed by atoms with Gasteiger partial charge in [0.05, 0.1) is 16.0 Å². The molecule has 0 saturated heterocycles. The van der Waals surface area contributed by atoms with Crippen LogP contribution in [0.5, 0.6) is 17.4 Å². The molecule has 11 heteroatoms. The summed E-state index contributed by atoms with van der Waals surface area (Å²) in [6.45, 7) is 1.17. The lowest BCUT2D eigenvalue weighted by Crippen LogP contribution is -2.20. The molecule has 10 nitrogen and oxygen atoms in total. The number of ether oxygens (including phenoxy) is 2. The van der Waals surface area contributed by atoms with Crippen LogP contribution in [0.4, 0.5) is 5.69 Å². The average Bonchev–Trinajstić information content (AvgIpc) is 2.72. The van der Waals surface area contributed by atoms with E-state index in [0.717, 1.165) is 12.3 Å². The van der Waals surface area contributed by atoms with Crippen molar-refractivity contribution in [2.45, 2.75) is 6.92 Å². The number of rotatable bonds is 7. The molecule has 0 unspecified atom stereocenters. The zero-order valence-corrected chi connectivity index (χ0v) is 16.6. The van der Waals surface area contributed by atoms with E-state index in [9.17, 15) is 19.7 Å². The molecule has 0 spiro atoms. The summed E-state index contributed by atoms with van der Waals surface area (Å²) in [5, 5.41) is 13.7. The van der Waals surface area contributed by atoms with Crippen molar-refractivity contribution in [1.29, 1.82) is 0 Å². The molecule has 0 fully saturated rings. The van der Waals surface area contributed by atoms with Crippen molar-refractivity contribution in [3.05, 3.63) is 57.4 Å². The molecule has 1 amide bonds. The molecule has 3 rings (SSSR count). The number of Topliss-reactive ketones (excluding diaryl/α,β-unsaturated/α-hetero) is 1. The molecule has 2 heterocycles. The molecule has 0 aliphatic rings. The SMILES string of the molecule is CNC(=O)c1cc2c(Oc3ncc([N+](=O)[O-])cc3Cl)ccnc2cc1OCC(C)=O. The summed E-state index contributed by atoms with van der Waals surface area (Å²) in [7, 11) is 1.46. The van der Waals surface area contributed by atoms with Gasteiger partial charge in [-0.1, -0.05) is 11.6 Å². The van der Waals surface area contributed by atoms with Crippen LogP contribution in [0.25, 0.3) is 10.9 Å². The fraction of sp³-hybridized carbons (Fsp3) is 0.158. The number of aromatic nitrogens is 2. The van der Waals surface area contributed by atoms with Crippen LogP contribution in [0, 0.1) is 10.1 Å². The summed E-state index contributed by atoms with van der Waals surface area (Å²) < 4.78 is 11.2. The lowest BCUT2D eigenvalue weighted by Gasteiger charge is -2.13. The average molecular weight is 431 g/mol. The van der Waals surface area contributed by atoms with Crippen molar-refractivity contribution in [2.75, 3.05) is 13.7 Å². The molecule has 30 heavy (non-hydrogen) atoms. The zero-order valence-electron chi connectivity index (χ0n) is 15.8. The monoisotopic (exact) mass is 430 g/mol. The van der Waals surface area contributed by atoms with Gasteiger partial charge in [0.15, 0.2) is 5.78 Å². The maximum Gasteiger partial charge on any atom is 0.289 e. The second-order valence-electron chi connectivity index (χ2n) is 6.08. The number of ketones is 1. The number of pyridine rings is 2. The van der Waals surface area contributed by atoms with Crippen molar-refractivity contribution < 1.29 is 24.0 Å². The number of benzene rings is 1. The molecule has 0 aliphatic carbocycles. The Labute approximate surface area is 174 Å². The summed E-state index contributed by atoms with van der Waals surface area (Å²) in [6.07, 6.45) is 2.49. The molecule has 1 aromatic carbocycles. The number of amides is 1. The molecular weight excluding hydrogens is 416 g/mol. The molecule has 0 saturated carbocycles. The van der Waals surface area contributed by atoms with Crippen molar-refractivity contribution >= 4 is 39.9 Å². The summed E-state index contributed by atoms with van der Waals surface area (Å²) in [5.74, 6) is -0.230. The van der Waals surface area contributed by atoms with Gasteiger partial charge in [-0.25, -0.2) is 4.98 Å². The van der Waals surface area contributed by atoms with E-state index in [1.165, 1.54) is 38.4 Å². The molecule has 154 valence electrons. The number of nitro groups is 1. The lowest BCUT2D eigenvalue weighted by molar-refractivity contribution is -0.385. The standard InChI is InChI=1S/C19H15ClN4O6/c1-10(25)9-29-17-7-15-12(6-13(17)18(26)21-2)16(3-4-22-15)30-19-14(20)5-11(8-23-19)24(27)28/h3-8H,9H2,1-2H3,(H,21,26). The van der Waals surface area contributed by atoms with Gasteiger partial charge < -0.3 is 14.8 Å². The Morgan fingerprint density at radius 1 is 1.23 bits per heavy atom. The molecular formula is C19H15ClN4O6. The number of hydrogen-bond acceptors (Lipinski definition) is 8. The Kier molecular flexibility index (Phi) is 6.07. The number of fused-ring (bicyclic) bond motifs is 1. The first-order chi connectivity index (χ1) is 14.3. The van der Waals surface area contributed by atoms with E-state index in [0.29, 0.717) is 10.9 Å². The van der Waals surface area contributed by atoms with Crippen LogP contribution < -0.4 is 14.8 Å². The first-order valence-corrected chi connectivity index (χ1v) is 8.92. The van der Waals surface area contributed by atoms with Gasteiger partial charge >= 0.3 is 0 Å². The second-order valence-corrected chi connectivity index (χ2v) is 6.49. The first kappa shape index (κ1) is 20.9. The number of carbonyl (C=O) groups excluding carboxylic acids is 2. The van der Waals surface area contributed by atoms with E-state index < -0.39 is 10.8 Å². The summed E-state index contributed by atoms with van der Waals surface area (Å²) in [6, 6.07) is 5.67. The van der Waals surface area contributed by atoms with E-state index in [1.807, 2.05) is 0 Å². The highest BCUT2D eigenvalue weighted by molar-refractivity contribution is 6.32. The number of nitrogens with zero attached hydrogens (tertiary/aromatic N) is 3. The van der Waals surface area contributed by atoms with Gasteiger partial charge in [0.1, 0.15) is 29.3 Å². The van der Waals surface area contributed by atoms with E-state index in [1.54, 1.807) is 0 Å². The van der Waals surface area contributed by atoms with Gasteiger partial charge in [-0.05, 0) is 19.1 Å². The normalized spacial score (nSPS) is 10.5. The van der Waals surface area contributed by atoms with Crippen LogP contribution in [-0.4, -0.2) is 40.2 Å². The van der Waals surface area contributed by atoms with Crippen LogP contribution in [-0.2, 0) is 4.79 Å². The van der Waals surface area contributed by atoms with E-state index in [4.69, 9.17) is 21.1 Å². The minimum absolute atomic E-state index is 0.0480. The first-order valence-electron chi connectivity index (χ1n) is 8.55. The number of hydrogen-bond donors (Lipinski definition) is 1. The Morgan fingerprint density at radius 2 is 2.00 bits per heavy atom. The van der Waals surface area contributed by atoms with Gasteiger partial charge in [-0.15, -0.1) is 0 Å². The third-order valence-electron chi connectivity index (χ3n) is 3.92. The van der Waals surface area contributed by atoms with Crippen LogP contribution in [0.3, 0.4) is 0 Å². The van der Waals surface area contributed by atoms with Crippen molar-refractivity contribution in [1.82, 2.24) is 15.3 Å². The van der Waals surface area contributed by atoms with Crippen LogP contribution in [0.1, 0.15) is 17.3 Å². The predicted octanol–water partition coefficient (Wildman–Crippen LogP) is 3.31. The molecule has 1 N–H and O–H groups in total. The van der Waals surface area contributed by atoms with Gasteiger partial charge in [0.2, 0.25) is 5.88 Å². The van der Waals surface area contributed by atoms with Crippen molar-refractivity contribution in [3.63, 3.8) is 0 Å². The van der Waals surface area contributed by atoms with Crippen LogP contribution in [0.2, 0.25) is 5.02 Å². The van der Waals surface area contributed by atoms with Crippen LogP contribution >= 0.6 is 11.6 Å². The number of carbonyl (C=O) groups is 2. The highest BCUT2D eigenvalue weighted by atomic mass is 35.5. The molecule has 3 aromatic rings. The van der Waals surface area contributed by atoms with Gasteiger partial charge in [-0.2, -0.15) is 0 Å². The highest BCUT2D eigenvalue weighted by Gasteiger charge is 2.18. The van der Waals surface area contributed by atoms with Gasteiger partial charge in [-0.3, -0.25) is 24.7 Å². The molecule has 0 bridgehead atoms. The topological polar surface area (TPSA) is 134 Å². The second kappa shape index (κ2) is 8.70. The van der Waals surface area contributed by atoms with Gasteiger partial charge in [0, 0.05) is 30.8 Å².